The summed E-state index contributed by atoms with van der Waals surface area (Å²) in [6, 6.07) is 23.2. The maximum atomic E-state index is 12.9. The normalized spacial score (nSPS) is 16.0. The largest absolute Gasteiger partial charge is 0.497 e. The number of halogens is 1. The summed E-state index contributed by atoms with van der Waals surface area (Å²) in [5, 5.41) is 0.674. The van der Waals surface area contributed by atoms with Crippen LogP contribution in [0.2, 0.25) is 0 Å². The van der Waals surface area contributed by atoms with Crippen LogP contribution in [0.15, 0.2) is 87.2 Å². The van der Waals surface area contributed by atoms with E-state index in [-0.39, 0.29) is 5.91 Å². The predicted octanol–water partition coefficient (Wildman–Crippen LogP) is 6.66. The highest BCUT2D eigenvalue weighted by molar-refractivity contribution is 9.10. The predicted molar refractivity (Wildman–Crippen MR) is 138 cm³/mol. The highest BCUT2D eigenvalue weighted by Crippen LogP contribution is 2.34. The number of carbonyl (C=O) groups is 1. The van der Waals surface area contributed by atoms with Gasteiger partial charge in [-0.05, 0) is 84.4 Å². The highest BCUT2D eigenvalue weighted by Gasteiger charge is 2.32. The maximum absolute atomic E-state index is 12.9. The minimum Gasteiger partial charge on any atom is -0.497 e. The molecule has 0 spiro atoms. The van der Waals surface area contributed by atoms with Gasteiger partial charge in [-0.15, -0.1) is 0 Å². The van der Waals surface area contributed by atoms with Gasteiger partial charge in [0.1, 0.15) is 18.1 Å². The Morgan fingerprint density at radius 1 is 0.970 bits per heavy atom. The zero-order valence-electron chi connectivity index (χ0n) is 18.3. The van der Waals surface area contributed by atoms with Crippen LogP contribution in [-0.4, -0.2) is 29.6 Å². The second-order valence-corrected chi connectivity index (χ2v) is 9.16. The van der Waals surface area contributed by atoms with E-state index in [9.17, 15) is 4.79 Å². The number of methoxy groups -OCH3 is 1. The van der Waals surface area contributed by atoms with Crippen molar-refractivity contribution in [2.45, 2.75) is 13.5 Å². The molecule has 33 heavy (non-hydrogen) atoms. The van der Waals surface area contributed by atoms with Crippen LogP contribution in [0.25, 0.3) is 6.08 Å². The van der Waals surface area contributed by atoms with Crippen LogP contribution in [-0.2, 0) is 11.4 Å². The van der Waals surface area contributed by atoms with Crippen molar-refractivity contribution in [1.82, 2.24) is 4.90 Å². The lowest BCUT2D eigenvalue weighted by atomic mass is 10.2. The van der Waals surface area contributed by atoms with Crippen molar-refractivity contribution >= 4 is 50.5 Å². The highest BCUT2D eigenvalue weighted by atomic mass is 79.9. The number of rotatable bonds is 7. The van der Waals surface area contributed by atoms with Gasteiger partial charge >= 0.3 is 0 Å². The summed E-state index contributed by atoms with van der Waals surface area (Å²) in [4.78, 5) is 19.9. The molecular formula is C26H23BrN2O3S. The molecule has 1 fully saturated rings. The molecule has 1 amide bonds. The van der Waals surface area contributed by atoms with Gasteiger partial charge < -0.3 is 9.47 Å². The third kappa shape index (κ3) is 5.86. The van der Waals surface area contributed by atoms with E-state index in [1.54, 1.807) is 12.0 Å². The second kappa shape index (κ2) is 10.7. The van der Waals surface area contributed by atoms with E-state index in [2.05, 4.69) is 20.9 Å². The Morgan fingerprint density at radius 3 is 2.27 bits per heavy atom. The average Bonchev–Trinajstić information content (AvgIpc) is 3.13. The summed E-state index contributed by atoms with van der Waals surface area (Å²) >= 11 is 4.82. The minimum absolute atomic E-state index is 0.0367. The first-order valence-corrected chi connectivity index (χ1v) is 12.1. The topological polar surface area (TPSA) is 51.1 Å². The zero-order valence-corrected chi connectivity index (χ0v) is 20.7. The van der Waals surface area contributed by atoms with Crippen LogP contribution in [0.5, 0.6) is 11.5 Å². The first-order chi connectivity index (χ1) is 16.1. The van der Waals surface area contributed by atoms with E-state index < -0.39 is 0 Å². The molecule has 4 rings (SSSR count). The molecule has 1 aliphatic heterocycles. The molecule has 0 unspecified atom stereocenters. The van der Waals surface area contributed by atoms with Crippen molar-refractivity contribution in [2.75, 3.05) is 13.7 Å². The first-order valence-electron chi connectivity index (χ1n) is 10.5. The van der Waals surface area contributed by atoms with Crippen LogP contribution in [0.4, 0.5) is 5.69 Å². The third-order valence-corrected chi connectivity index (χ3v) is 6.53. The molecule has 0 N–H and O–H groups in total. The summed E-state index contributed by atoms with van der Waals surface area (Å²) < 4.78 is 12.1. The van der Waals surface area contributed by atoms with Crippen molar-refractivity contribution in [3.05, 3.63) is 93.3 Å². The molecule has 1 aliphatic rings. The molecule has 1 heterocycles. The van der Waals surface area contributed by atoms with Crippen molar-refractivity contribution in [3.8, 4) is 11.5 Å². The van der Waals surface area contributed by atoms with Gasteiger partial charge in [-0.2, -0.15) is 0 Å². The molecule has 3 aromatic carbocycles. The summed E-state index contributed by atoms with van der Waals surface area (Å²) in [6.07, 6.45) is 1.89. The molecule has 5 nitrogen and oxygen atoms in total. The Labute approximate surface area is 206 Å². The van der Waals surface area contributed by atoms with Gasteiger partial charge in [-0.3, -0.25) is 9.69 Å². The number of hydrogen-bond donors (Lipinski definition) is 0. The van der Waals surface area contributed by atoms with Gasteiger partial charge in [-0.1, -0.05) is 40.2 Å². The fraction of sp³-hybridized carbons (Fsp3) is 0.154. The maximum Gasteiger partial charge on any atom is 0.266 e. The molecule has 0 aliphatic carbocycles. The minimum atomic E-state index is -0.0367. The number of hydrogen-bond acceptors (Lipinski definition) is 5. The summed E-state index contributed by atoms with van der Waals surface area (Å²) in [5.41, 5.74) is 2.81. The SMILES string of the molecule is CCN1C(=O)/C(=C\c2ccc(OCc3ccc(Br)cc3)cc2)SC1=Nc1ccc(OC)cc1. The van der Waals surface area contributed by atoms with Crippen LogP contribution in [0.1, 0.15) is 18.1 Å². The van der Waals surface area contributed by atoms with E-state index in [1.165, 1.54) is 11.8 Å². The van der Waals surface area contributed by atoms with Crippen LogP contribution < -0.4 is 9.47 Å². The van der Waals surface area contributed by atoms with Crippen LogP contribution in [0.3, 0.4) is 0 Å². The molecule has 0 aromatic heterocycles. The second-order valence-electron chi connectivity index (χ2n) is 7.24. The fourth-order valence-electron chi connectivity index (χ4n) is 3.20. The number of benzene rings is 3. The molecule has 7 heteroatoms. The standard InChI is InChI=1S/C26H23BrN2O3S/c1-3-29-25(30)24(33-26(29)28-21-10-14-22(31-2)15-11-21)16-18-6-12-23(13-7-18)32-17-19-4-8-20(27)9-5-19/h4-16H,3,17H2,1-2H3/b24-16+,28-26?. The van der Waals surface area contributed by atoms with Gasteiger partial charge in [0.2, 0.25) is 0 Å². The number of likely N-dealkylation sites (N-methyl/N-ethyl adjacent to an activating group) is 1. The van der Waals surface area contributed by atoms with Crippen molar-refractivity contribution in [1.29, 1.82) is 0 Å². The number of aliphatic imine (C=N–C) groups is 1. The Kier molecular flexibility index (Phi) is 7.52. The van der Waals surface area contributed by atoms with Crippen molar-refractivity contribution in [3.63, 3.8) is 0 Å². The fourth-order valence-corrected chi connectivity index (χ4v) is 4.52. The van der Waals surface area contributed by atoms with Crippen LogP contribution >= 0.6 is 27.7 Å². The summed E-state index contributed by atoms with van der Waals surface area (Å²) in [5.74, 6) is 1.51. The smallest absolute Gasteiger partial charge is 0.266 e. The van der Waals surface area contributed by atoms with Gasteiger partial charge in [0.05, 0.1) is 17.7 Å². The monoisotopic (exact) mass is 522 g/mol. The van der Waals surface area contributed by atoms with Crippen molar-refractivity contribution in [2.24, 2.45) is 4.99 Å². The van der Waals surface area contributed by atoms with Gasteiger partial charge in [0.15, 0.2) is 5.17 Å². The van der Waals surface area contributed by atoms with Crippen molar-refractivity contribution < 1.29 is 14.3 Å². The van der Waals surface area contributed by atoms with E-state index in [4.69, 9.17) is 9.47 Å². The number of amidine groups is 1. The number of nitrogens with zero attached hydrogens (tertiary/aromatic N) is 2. The molecule has 3 aromatic rings. The Bertz CT molecular complexity index is 1170. The van der Waals surface area contributed by atoms with Gasteiger partial charge in [-0.25, -0.2) is 4.99 Å². The molecule has 0 radical (unpaired) electrons. The summed E-state index contributed by atoms with van der Waals surface area (Å²) in [7, 11) is 1.63. The quantitative estimate of drug-likeness (QED) is 0.325. The Morgan fingerprint density at radius 2 is 1.64 bits per heavy atom. The zero-order chi connectivity index (χ0) is 23.2. The first kappa shape index (κ1) is 23.1. The number of carbonyl (C=O) groups excluding carboxylic acids is 1. The van der Waals surface area contributed by atoms with E-state index in [0.29, 0.717) is 23.2 Å². The Hall–Kier alpha value is -3.03. The van der Waals surface area contributed by atoms with Gasteiger partial charge in [0.25, 0.3) is 5.91 Å². The average molecular weight is 523 g/mol. The number of thioether (sulfide) groups is 1. The van der Waals surface area contributed by atoms with Gasteiger partial charge in [0, 0.05) is 11.0 Å². The molecule has 1 saturated heterocycles. The lowest BCUT2D eigenvalue weighted by molar-refractivity contribution is -0.122. The molecule has 0 bridgehead atoms. The van der Waals surface area contributed by atoms with E-state index >= 15 is 0 Å². The molecule has 0 atom stereocenters. The van der Waals surface area contributed by atoms with Crippen LogP contribution in [0, 0.1) is 0 Å². The number of ether oxygens (including phenoxy) is 2. The molecule has 0 saturated carbocycles. The number of amides is 1. The Balaban J connectivity index is 1.45. The molecule has 168 valence electrons. The molecular weight excluding hydrogens is 500 g/mol. The van der Waals surface area contributed by atoms with E-state index in [0.717, 1.165) is 32.8 Å². The lowest BCUT2D eigenvalue weighted by Gasteiger charge is -2.12. The lowest BCUT2D eigenvalue weighted by Crippen LogP contribution is -2.28. The van der Waals surface area contributed by atoms with E-state index in [1.807, 2.05) is 85.8 Å². The summed E-state index contributed by atoms with van der Waals surface area (Å²) in [6.45, 7) is 3.00. The third-order valence-electron chi connectivity index (χ3n) is 5.00.